The maximum Gasteiger partial charge on any atom is 0.328 e. The van der Waals surface area contributed by atoms with Crippen molar-refractivity contribution in [2.45, 2.75) is 82.7 Å². The Balaban J connectivity index is 1.36. The van der Waals surface area contributed by atoms with Gasteiger partial charge in [0.25, 0.3) is 11.8 Å². The van der Waals surface area contributed by atoms with Crippen molar-refractivity contribution in [3.05, 3.63) is 29.3 Å². The average molecular weight is 496 g/mol. The van der Waals surface area contributed by atoms with Crippen LogP contribution < -0.4 is 4.90 Å². The van der Waals surface area contributed by atoms with E-state index in [2.05, 4.69) is 4.90 Å². The monoisotopic (exact) mass is 495 g/mol. The van der Waals surface area contributed by atoms with Gasteiger partial charge in [-0.2, -0.15) is 0 Å². The molecule has 3 amide bonds. The molecule has 1 aliphatic carbocycles. The molecule has 2 saturated heterocycles. The first-order chi connectivity index (χ1) is 17.5. The number of amides is 3. The molecule has 1 aromatic carbocycles. The van der Waals surface area contributed by atoms with Gasteiger partial charge in [-0.15, -0.1) is 0 Å². The van der Waals surface area contributed by atoms with Crippen molar-refractivity contribution < 1.29 is 23.9 Å². The van der Waals surface area contributed by atoms with E-state index in [1.165, 1.54) is 18.4 Å². The molecule has 0 radical (unpaired) electrons. The number of anilines is 1. The van der Waals surface area contributed by atoms with Gasteiger partial charge >= 0.3 is 5.97 Å². The van der Waals surface area contributed by atoms with Gasteiger partial charge in [-0.25, -0.2) is 4.79 Å². The summed E-state index contributed by atoms with van der Waals surface area (Å²) in [5.74, 6) is -0.986. The van der Waals surface area contributed by atoms with Gasteiger partial charge in [0.15, 0.2) is 0 Å². The molecule has 8 nitrogen and oxygen atoms in total. The number of rotatable bonds is 4. The van der Waals surface area contributed by atoms with E-state index in [9.17, 15) is 19.2 Å². The molecule has 1 saturated carbocycles. The third-order valence-electron chi connectivity index (χ3n) is 8.48. The summed E-state index contributed by atoms with van der Waals surface area (Å²) < 4.78 is 4.92. The van der Waals surface area contributed by atoms with Crippen LogP contribution in [0.2, 0.25) is 0 Å². The van der Waals surface area contributed by atoms with Gasteiger partial charge in [-0.05, 0) is 50.7 Å². The van der Waals surface area contributed by atoms with Crippen LogP contribution in [0.1, 0.15) is 91.3 Å². The van der Waals surface area contributed by atoms with Crippen LogP contribution in [-0.2, 0) is 14.3 Å². The van der Waals surface area contributed by atoms with Gasteiger partial charge in [-0.3, -0.25) is 19.3 Å². The van der Waals surface area contributed by atoms with Crippen LogP contribution in [-0.4, -0.2) is 72.3 Å². The zero-order valence-electron chi connectivity index (χ0n) is 21.2. The third kappa shape index (κ3) is 4.50. The number of benzene rings is 1. The van der Waals surface area contributed by atoms with E-state index in [1.807, 2.05) is 12.1 Å². The Morgan fingerprint density at radius 1 is 0.861 bits per heavy atom. The minimum atomic E-state index is -0.504. The minimum absolute atomic E-state index is 0.0151. The first-order valence-electron chi connectivity index (χ1n) is 13.7. The van der Waals surface area contributed by atoms with Crippen LogP contribution in [0, 0.1) is 5.92 Å². The van der Waals surface area contributed by atoms with Gasteiger partial charge in [-0.1, -0.05) is 38.2 Å². The zero-order chi connectivity index (χ0) is 25.2. The summed E-state index contributed by atoms with van der Waals surface area (Å²) >= 11 is 0. The van der Waals surface area contributed by atoms with E-state index in [1.54, 1.807) is 11.0 Å². The Labute approximate surface area is 212 Å². The number of fused-ring (bicyclic) bond motifs is 1. The molecule has 3 heterocycles. The number of methoxy groups -OCH3 is 1. The van der Waals surface area contributed by atoms with Crippen LogP contribution in [0.25, 0.3) is 0 Å². The molecule has 3 aliphatic heterocycles. The number of hydrogen-bond acceptors (Lipinski definition) is 6. The standard InChI is InChI=1S/C28H37N3O5/c1-36-28(35)23-15-9-17-30(23)25(32)19-10-8-16-29(18-19)22-14-7-13-21-24(22)27(34)31(26(21)33)20-11-5-3-2-4-6-12-20/h7,13-14,19-20,23H,2-6,8-12,15-18H2,1H3/t19-,23+/m1/s1. The van der Waals surface area contributed by atoms with Crippen molar-refractivity contribution in [1.82, 2.24) is 9.80 Å². The topological polar surface area (TPSA) is 87.2 Å². The maximum absolute atomic E-state index is 13.7. The molecule has 0 aromatic heterocycles. The van der Waals surface area contributed by atoms with Crippen molar-refractivity contribution in [2.75, 3.05) is 31.6 Å². The molecule has 194 valence electrons. The second-order valence-corrected chi connectivity index (χ2v) is 10.7. The van der Waals surface area contributed by atoms with Crippen molar-refractivity contribution in [2.24, 2.45) is 5.92 Å². The molecule has 0 unspecified atom stereocenters. The lowest BCUT2D eigenvalue weighted by atomic mass is 9.94. The molecule has 0 N–H and O–H groups in total. The van der Waals surface area contributed by atoms with E-state index < -0.39 is 6.04 Å². The Kier molecular flexibility index (Phi) is 7.30. The van der Waals surface area contributed by atoms with Gasteiger partial charge in [0.1, 0.15) is 6.04 Å². The number of nitrogens with zero attached hydrogens (tertiary/aromatic N) is 3. The summed E-state index contributed by atoms with van der Waals surface area (Å²) in [4.78, 5) is 58.0. The fourth-order valence-corrected chi connectivity index (χ4v) is 6.62. The Bertz CT molecular complexity index is 1030. The summed E-state index contributed by atoms with van der Waals surface area (Å²) in [7, 11) is 1.36. The maximum atomic E-state index is 13.7. The Morgan fingerprint density at radius 3 is 2.33 bits per heavy atom. The quantitative estimate of drug-likeness (QED) is 0.467. The Hall–Kier alpha value is -2.90. The molecule has 3 fully saturated rings. The van der Waals surface area contributed by atoms with E-state index in [0.717, 1.165) is 70.0 Å². The second-order valence-electron chi connectivity index (χ2n) is 10.7. The number of carbonyl (C=O) groups is 4. The Morgan fingerprint density at radius 2 is 1.58 bits per heavy atom. The highest BCUT2D eigenvalue weighted by atomic mass is 16.5. The predicted molar refractivity (Wildman–Crippen MR) is 135 cm³/mol. The van der Waals surface area contributed by atoms with Gasteiger partial charge in [0.2, 0.25) is 5.91 Å². The summed E-state index contributed by atoms with van der Waals surface area (Å²) in [6, 6.07) is 4.98. The highest BCUT2D eigenvalue weighted by Gasteiger charge is 2.43. The lowest BCUT2D eigenvalue weighted by Crippen LogP contribution is -2.48. The van der Waals surface area contributed by atoms with Crippen LogP contribution in [0.15, 0.2) is 18.2 Å². The third-order valence-corrected chi connectivity index (χ3v) is 8.48. The van der Waals surface area contributed by atoms with E-state index in [4.69, 9.17) is 4.74 Å². The molecular formula is C28H37N3O5. The number of imide groups is 1. The first-order valence-corrected chi connectivity index (χ1v) is 13.7. The average Bonchev–Trinajstić information content (AvgIpc) is 3.47. The number of piperidine rings is 1. The normalized spacial score (nSPS) is 25.5. The molecule has 0 spiro atoms. The molecular weight excluding hydrogens is 458 g/mol. The molecule has 0 bridgehead atoms. The predicted octanol–water partition coefficient (Wildman–Crippen LogP) is 3.78. The summed E-state index contributed by atoms with van der Waals surface area (Å²) in [6.07, 6.45) is 10.4. The van der Waals surface area contributed by atoms with Crippen molar-refractivity contribution in [3.63, 3.8) is 0 Å². The van der Waals surface area contributed by atoms with E-state index >= 15 is 0 Å². The van der Waals surface area contributed by atoms with Crippen molar-refractivity contribution >= 4 is 29.4 Å². The number of carbonyl (C=O) groups excluding carboxylic acids is 4. The molecule has 2 atom stereocenters. The molecule has 8 heteroatoms. The first kappa shape index (κ1) is 24.8. The smallest absolute Gasteiger partial charge is 0.328 e. The van der Waals surface area contributed by atoms with Crippen LogP contribution in [0.4, 0.5) is 5.69 Å². The zero-order valence-corrected chi connectivity index (χ0v) is 21.2. The molecule has 1 aromatic rings. The van der Waals surface area contributed by atoms with Crippen molar-refractivity contribution in [3.8, 4) is 0 Å². The fraction of sp³-hybridized carbons (Fsp3) is 0.643. The van der Waals surface area contributed by atoms with Crippen molar-refractivity contribution in [1.29, 1.82) is 0 Å². The molecule has 36 heavy (non-hydrogen) atoms. The summed E-state index contributed by atoms with van der Waals surface area (Å²) in [6.45, 7) is 1.77. The summed E-state index contributed by atoms with van der Waals surface area (Å²) in [5.41, 5.74) is 1.73. The van der Waals surface area contributed by atoms with Crippen LogP contribution in [0.3, 0.4) is 0 Å². The summed E-state index contributed by atoms with van der Waals surface area (Å²) in [5, 5.41) is 0. The number of esters is 1. The highest BCUT2D eigenvalue weighted by molar-refractivity contribution is 6.24. The largest absolute Gasteiger partial charge is 0.467 e. The minimum Gasteiger partial charge on any atom is -0.467 e. The van der Waals surface area contributed by atoms with Gasteiger partial charge < -0.3 is 14.5 Å². The van der Waals surface area contributed by atoms with Crippen LogP contribution in [0.5, 0.6) is 0 Å². The molecule has 4 aliphatic rings. The van der Waals surface area contributed by atoms with E-state index in [-0.39, 0.29) is 35.7 Å². The fourth-order valence-electron chi connectivity index (χ4n) is 6.62. The number of ether oxygens (including phenoxy) is 1. The lowest BCUT2D eigenvalue weighted by Gasteiger charge is -2.37. The SMILES string of the molecule is COC(=O)[C@@H]1CCCN1C(=O)[C@@H]1CCCN(c2cccc3c2C(=O)N(C2CCCCCCC2)C3=O)C1. The lowest BCUT2D eigenvalue weighted by molar-refractivity contribution is -0.152. The van der Waals surface area contributed by atoms with Crippen LogP contribution >= 0.6 is 0 Å². The van der Waals surface area contributed by atoms with E-state index in [0.29, 0.717) is 30.6 Å². The highest BCUT2D eigenvalue weighted by Crippen LogP contribution is 2.37. The number of hydrogen-bond donors (Lipinski definition) is 0. The number of likely N-dealkylation sites (tertiary alicyclic amines) is 1. The van der Waals surface area contributed by atoms with Gasteiger partial charge in [0, 0.05) is 25.7 Å². The molecule has 5 rings (SSSR count). The second kappa shape index (κ2) is 10.6. The van der Waals surface area contributed by atoms with Gasteiger partial charge in [0.05, 0.1) is 29.8 Å².